The van der Waals surface area contributed by atoms with Crippen molar-refractivity contribution in [3.63, 3.8) is 0 Å². The lowest BCUT2D eigenvalue weighted by Gasteiger charge is -2.32. The summed E-state index contributed by atoms with van der Waals surface area (Å²) in [6, 6.07) is 10.6. The molecule has 2 aliphatic rings. The van der Waals surface area contributed by atoms with Gasteiger partial charge in [-0.25, -0.2) is 0 Å². The maximum atomic E-state index is 5.54. The van der Waals surface area contributed by atoms with Gasteiger partial charge in [0, 0.05) is 39.9 Å². The second-order valence-corrected chi connectivity index (χ2v) is 7.55. The molecule has 3 rings (SSSR count). The summed E-state index contributed by atoms with van der Waals surface area (Å²) in [5.74, 6) is 1.06. The van der Waals surface area contributed by atoms with Crippen LogP contribution in [0.25, 0.3) is 6.08 Å². The number of hydrogen-bond acceptors (Lipinski definition) is 2. The van der Waals surface area contributed by atoms with Crippen molar-refractivity contribution in [2.45, 2.75) is 39.0 Å². The van der Waals surface area contributed by atoms with E-state index in [9.17, 15) is 0 Å². The summed E-state index contributed by atoms with van der Waals surface area (Å²) in [7, 11) is 1.90. The molecular formula is C22H33N3O. The van der Waals surface area contributed by atoms with Crippen molar-refractivity contribution in [2.24, 2.45) is 10.4 Å². The van der Waals surface area contributed by atoms with Gasteiger partial charge in [-0.1, -0.05) is 42.0 Å². The van der Waals surface area contributed by atoms with E-state index < -0.39 is 0 Å². The first kappa shape index (κ1) is 19.0. The van der Waals surface area contributed by atoms with Crippen molar-refractivity contribution in [2.75, 3.05) is 39.9 Å². The van der Waals surface area contributed by atoms with E-state index in [1.165, 1.54) is 18.4 Å². The predicted molar refractivity (Wildman–Crippen MR) is 109 cm³/mol. The Bertz CT molecular complexity index is 610. The van der Waals surface area contributed by atoms with Gasteiger partial charge in [0.25, 0.3) is 0 Å². The number of guanidine groups is 1. The lowest BCUT2D eigenvalue weighted by atomic mass is 10.0. The summed E-state index contributed by atoms with van der Waals surface area (Å²) < 4.78 is 5.54. The predicted octanol–water partition coefficient (Wildman–Crippen LogP) is 3.95. The molecule has 1 aromatic carbocycles. The van der Waals surface area contributed by atoms with Crippen LogP contribution < -0.4 is 5.32 Å². The van der Waals surface area contributed by atoms with E-state index >= 15 is 0 Å². The van der Waals surface area contributed by atoms with Crippen LogP contribution in [-0.4, -0.2) is 50.8 Å². The molecule has 0 spiro atoms. The molecule has 2 fully saturated rings. The van der Waals surface area contributed by atoms with Gasteiger partial charge in [0.2, 0.25) is 0 Å². The molecule has 0 atom stereocenters. The van der Waals surface area contributed by atoms with Crippen LogP contribution in [0.1, 0.15) is 44.6 Å². The third-order valence-electron chi connectivity index (χ3n) is 5.65. The van der Waals surface area contributed by atoms with Crippen LogP contribution in [0.2, 0.25) is 0 Å². The summed E-state index contributed by atoms with van der Waals surface area (Å²) in [5, 5.41) is 3.63. The lowest BCUT2D eigenvalue weighted by Crippen LogP contribution is -2.46. The molecule has 4 heteroatoms. The maximum absolute atomic E-state index is 5.54. The summed E-state index contributed by atoms with van der Waals surface area (Å²) >= 11 is 0. The number of piperidine rings is 1. The zero-order valence-corrected chi connectivity index (χ0v) is 16.3. The van der Waals surface area contributed by atoms with E-state index in [1.54, 1.807) is 5.57 Å². The van der Waals surface area contributed by atoms with Gasteiger partial charge < -0.3 is 15.0 Å². The summed E-state index contributed by atoms with van der Waals surface area (Å²) in [6.07, 6.45) is 8.37. The van der Waals surface area contributed by atoms with Crippen molar-refractivity contribution >= 4 is 12.0 Å². The highest BCUT2D eigenvalue weighted by Crippen LogP contribution is 2.48. The second-order valence-electron chi connectivity index (χ2n) is 7.55. The molecule has 1 saturated carbocycles. The molecule has 1 saturated heterocycles. The second kappa shape index (κ2) is 9.22. The number of likely N-dealkylation sites (tertiary alicyclic amines) is 1. The Kier molecular flexibility index (Phi) is 6.73. The SMILES string of the molecule is CCOCCC1(CNC(=NC)N2CCC(=Cc3ccccc3)CC2)CC1. The highest BCUT2D eigenvalue weighted by atomic mass is 16.5. The van der Waals surface area contributed by atoms with Crippen LogP contribution in [0.3, 0.4) is 0 Å². The third-order valence-corrected chi connectivity index (χ3v) is 5.65. The Morgan fingerprint density at radius 2 is 1.96 bits per heavy atom. The molecule has 1 N–H and O–H groups in total. The van der Waals surface area contributed by atoms with Gasteiger partial charge in [-0.2, -0.15) is 0 Å². The standard InChI is InChI=1S/C22H33N3O/c1-3-26-16-13-22(11-12-22)18-24-21(23-2)25-14-9-20(10-15-25)17-19-7-5-4-6-8-19/h4-8,17H,3,9-16,18H2,1-2H3,(H,23,24). The number of rotatable bonds is 7. The number of aliphatic imine (C=N–C) groups is 1. The molecule has 1 aromatic rings. The smallest absolute Gasteiger partial charge is 0.193 e. The number of benzene rings is 1. The van der Waals surface area contributed by atoms with Crippen LogP contribution in [0.5, 0.6) is 0 Å². The maximum Gasteiger partial charge on any atom is 0.193 e. The molecule has 26 heavy (non-hydrogen) atoms. The first-order valence-corrected chi connectivity index (χ1v) is 10.0. The Morgan fingerprint density at radius 3 is 2.58 bits per heavy atom. The summed E-state index contributed by atoms with van der Waals surface area (Å²) in [6.45, 7) is 6.88. The van der Waals surface area contributed by atoms with E-state index in [1.807, 2.05) is 7.05 Å². The zero-order valence-electron chi connectivity index (χ0n) is 16.3. The highest BCUT2D eigenvalue weighted by molar-refractivity contribution is 5.80. The van der Waals surface area contributed by atoms with Crippen LogP contribution in [0.4, 0.5) is 0 Å². The fourth-order valence-electron chi connectivity index (χ4n) is 3.66. The van der Waals surface area contributed by atoms with Gasteiger partial charge in [-0.05, 0) is 50.0 Å². The van der Waals surface area contributed by atoms with Crippen molar-refractivity contribution < 1.29 is 4.74 Å². The quantitative estimate of drug-likeness (QED) is 0.457. The van der Waals surface area contributed by atoms with Crippen LogP contribution >= 0.6 is 0 Å². The molecule has 0 aromatic heterocycles. The number of nitrogens with zero attached hydrogens (tertiary/aromatic N) is 2. The molecule has 0 unspecified atom stereocenters. The normalized spacial score (nSPS) is 19.4. The highest BCUT2D eigenvalue weighted by Gasteiger charge is 2.42. The average molecular weight is 356 g/mol. The topological polar surface area (TPSA) is 36.9 Å². The minimum absolute atomic E-state index is 0.444. The van der Waals surface area contributed by atoms with Gasteiger partial charge in [0.1, 0.15) is 0 Å². The lowest BCUT2D eigenvalue weighted by molar-refractivity contribution is 0.128. The molecule has 1 aliphatic carbocycles. The van der Waals surface area contributed by atoms with Crippen molar-refractivity contribution in [3.05, 3.63) is 41.5 Å². The third kappa shape index (κ3) is 5.34. The zero-order chi connectivity index (χ0) is 18.2. The first-order valence-electron chi connectivity index (χ1n) is 10.0. The molecule has 0 bridgehead atoms. The van der Waals surface area contributed by atoms with Gasteiger partial charge in [0.15, 0.2) is 5.96 Å². The van der Waals surface area contributed by atoms with E-state index in [-0.39, 0.29) is 0 Å². The molecule has 1 aliphatic heterocycles. The van der Waals surface area contributed by atoms with E-state index in [4.69, 9.17) is 4.74 Å². The van der Waals surface area contributed by atoms with Crippen LogP contribution in [0, 0.1) is 5.41 Å². The van der Waals surface area contributed by atoms with Gasteiger partial charge in [-0.3, -0.25) is 4.99 Å². The van der Waals surface area contributed by atoms with Gasteiger partial charge >= 0.3 is 0 Å². The Labute approximate surface area is 158 Å². The molecule has 4 nitrogen and oxygen atoms in total. The Balaban J connectivity index is 1.46. The van der Waals surface area contributed by atoms with Crippen LogP contribution in [0.15, 0.2) is 40.9 Å². The molecule has 0 radical (unpaired) electrons. The number of hydrogen-bond donors (Lipinski definition) is 1. The van der Waals surface area contributed by atoms with Crippen molar-refractivity contribution in [1.29, 1.82) is 0 Å². The van der Waals surface area contributed by atoms with E-state index in [2.05, 4.69) is 58.5 Å². The number of ether oxygens (including phenoxy) is 1. The monoisotopic (exact) mass is 355 g/mol. The molecule has 142 valence electrons. The van der Waals surface area contributed by atoms with Gasteiger partial charge in [0.05, 0.1) is 0 Å². The molecule has 0 amide bonds. The van der Waals surface area contributed by atoms with Crippen molar-refractivity contribution in [3.8, 4) is 0 Å². The fourth-order valence-corrected chi connectivity index (χ4v) is 3.66. The summed E-state index contributed by atoms with van der Waals surface area (Å²) in [5.41, 5.74) is 3.29. The van der Waals surface area contributed by atoms with Crippen molar-refractivity contribution in [1.82, 2.24) is 10.2 Å². The fraction of sp³-hybridized carbons (Fsp3) is 0.591. The van der Waals surface area contributed by atoms with Gasteiger partial charge in [-0.15, -0.1) is 0 Å². The van der Waals surface area contributed by atoms with Crippen LogP contribution in [-0.2, 0) is 4.74 Å². The Morgan fingerprint density at radius 1 is 1.23 bits per heavy atom. The Hall–Kier alpha value is -1.81. The largest absolute Gasteiger partial charge is 0.382 e. The average Bonchev–Trinajstić information content (AvgIpc) is 3.45. The van der Waals surface area contributed by atoms with E-state index in [0.717, 1.165) is 58.1 Å². The van der Waals surface area contributed by atoms with E-state index in [0.29, 0.717) is 5.41 Å². The minimum Gasteiger partial charge on any atom is -0.382 e. The molecular weight excluding hydrogens is 322 g/mol. The molecule has 1 heterocycles. The summed E-state index contributed by atoms with van der Waals surface area (Å²) in [4.78, 5) is 6.93. The number of nitrogens with one attached hydrogen (secondary N) is 1. The first-order chi connectivity index (χ1) is 12.7. The minimum atomic E-state index is 0.444.